The van der Waals surface area contributed by atoms with Crippen LogP contribution in [0.2, 0.25) is 0 Å². The molecule has 0 bridgehead atoms. The molecule has 1 amide bonds. The minimum atomic E-state index is -0.329. The van der Waals surface area contributed by atoms with E-state index in [0.29, 0.717) is 24.0 Å². The number of rotatable bonds is 10. The van der Waals surface area contributed by atoms with Crippen LogP contribution in [0, 0.1) is 0 Å². The molecule has 0 aliphatic carbocycles. The lowest BCUT2D eigenvalue weighted by Gasteiger charge is -2.10. The number of carbonyl (C=O) groups is 1. The molecule has 0 heterocycles. The number of carbonyl (C=O) groups excluding carboxylic acids is 1. The highest BCUT2D eigenvalue weighted by Gasteiger charge is 2.05. The van der Waals surface area contributed by atoms with Crippen molar-refractivity contribution >= 4 is 12.1 Å². The maximum absolute atomic E-state index is 12.0. The third-order valence-corrected chi connectivity index (χ3v) is 4.98. The highest BCUT2D eigenvalue weighted by molar-refractivity contribution is 5.85. The lowest BCUT2D eigenvalue weighted by Crippen LogP contribution is -2.24. The zero-order valence-electron chi connectivity index (χ0n) is 18.0. The van der Waals surface area contributed by atoms with Gasteiger partial charge in [0.1, 0.15) is 18.1 Å². The number of hydrogen-bond acceptors (Lipinski definition) is 4. The van der Waals surface area contributed by atoms with Crippen molar-refractivity contribution in [3.05, 3.63) is 95.6 Å². The molecule has 5 heteroatoms. The second-order valence-corrected chi connectivity index (χ2v) is 7.27. The highest BCUT2D eigenvalue weighted by atomic mass is 16.5. The van der Waals surface area contributed by atoms with Crippen LogP contribution in [0.15, 0.2) is 84.0 Å². The first-order valence-corrected chi connectivity index (χ1v) is 10.5. The average molecular weight is 417 g/mol. The second kappa shape index (κ2) is 11.6. The smallest absolute Gasteiger partial charge is 0.277 e. The Kier molecular flexibility index (Phi) is 8.23. The minimum absolute atomic E-state index is 0.105. The summed E-state index contributed by atoms with van der Waals surface area (Å²) in [7, 11) is 0. The van der Waals surface area contributed by atoms with Gasteiger partial charge in [0.25, 0.3) is 5.91 Å². The van der Waals surface area contributed by atoms with Crippen molar-refractivity contribution in [1.29, 1.82) is 0 Å². The predicted octanol–water partition coefficient (Wildman–Crippen LogP) is 5.31. The van der Waals surface area contributed by atoms with Crippen molar-refractivity contribution in [3.63, 3.8) is 0 Å². The number of hydrogen-bond donors (Lipinski definition) is 1. The number of amides is 1. The largest absolute Gasteiger partial charge is 0.488 e. The van der Waals surface area contributed by atoms with E-state index in [9.17, 15) is 4.79 Å². The van der Waals surface area contributed by atoms with Crippen LogP contribution in [0.1, 0.15) is 42.9 Å². The van der Waals surface area contributed by atoms with Crippen molar-refractivity contribution in [2.45, 2.75) is 32.8 Å². The van der Waals surface area contributed by atoms with Crippen molar-refractivity contribution < 1.29 is 14.3 Å². The Hall–Kier alpha value is -3.60. The van der Waals surface area contributed by atoms with Crippen LogP contribution in [0.5, 0.6) is 11.5 Å². The van der Waals surface area contributed by atoms with Gasteiger partial charge in [0, 0.05) is 5.56 Å². The fraction of sp³-hybridized carbons (Fsp3) is 0.231. The molecule has 3 aromatic rings. The molecule has 1 N–H and O–H groups in total. The Morgan fingerprint density at radius 1 is 0.968 bits per heavy atom. The number of nitrogens with one attached hydrogen (secondary N) is 1. The molecule has 1 unspecified atom stereocenters. The summed E-state index contributed by atoms with van der Waals surface area (Å²) in [5.41, 5.74) is 5.61. The van der Waals surface area contributed by atoms with Gasteiger partial charge < -0.3 is 9.47 Å². The monoisotopic (exact) mass is 416 g/mol. The number of nitrogens with zero attached hydrogens (tertiary/aromatic N) is 1. The quantitative estimate of drug-likeness (QED) is 0.360. The van der Waals surface area contributed by atoms with Crippen molar-refractivity contribution in [2.75, 3.05) is 6.61 Å². The van der Waals surface area contributed by atoms with Gasteiger partial charge >= 0.3 is 0 Å². The first-order chi connectivity index (χ1) is 15.2. The maximum Gasteiger partial charge on any atom is 0.277 e. The van der Waals surface area contributed by atoms with E-state index in [-0.39, 0.29) is 12.5 Å². The molecule has 160 valence electrons. The van der Waals surface area contributed by atoms with Gasteiger partial charge in [0.2, 0.25) is 0 Å². The van der Waals surface area contributed by atoms with E-state index in [1.165, 1.54) is 5.56 Å². The van der Waals surface area contributed by atoms with Gasteiger partial charge in [-0.05, 0) is 47.7 Å². The summed E-state index contributed by atoms with van der Waals surface area (Å²) in [6.07, 6.45) is 2.65. The zero-order chi connectivity index (χ0) is 21.9. The first-order valence-electron chi connectivity index (χ1n) is 10.5. The van der Waals surface area contributed by atoms with Gasteiger partial charge in [-0.3, -0.25) is 4.79 Å². The molecule has 0 aromatic heterocycles. The summed E-state index contributed by atoms with van der Waals surface area (Å²) in [6.45, 7) is 4.70. The highest BCUT2D eigenvalue weighted by Crippen LogP contribution is 2.21. The Balaban J connectivity index is 1.48. The lowest BCUT2D eigenvalue weighted by atomic mass is 9.99. The molecule has 5 nitrogen and oxygen atoms in total. The SMILES string of the molecule is CCC(C)c1ccc(OCC(=O)N/N=C/c2ccccc2OCc2ccccc2)cc1. The van der Waals surface area contributed by atoms with E-state index in [4.69, 9.17) is 9.47 Å². The Morgan fingerprint density at radius 3 is 2.42 bits per heavy atom. The summed E-state index contributed by atoms with van der Waals surface area (Å²) in [5.74, 6) is 1.53. The average Bonchev–Trinajstić information content (AvgIpc) is 2.82. The number of para-hydroxylation sites is 1. The maximum atomic E-state index is 12.0. The number of ether oxygens (including phenoxy) is 2. The fourth-order valence-electron chi connectivity index (χ4n) is 2.94. The lowest BCUT2D eigenvalue weighted by molar-refractivity contribution is -0.123. The molecular formula is C26H28N2O3. The van der Waals surface area contributed by atoms with Crippen LogP contribution >= 0.6 is 0 Å². The second-order valence-electron chi connectivity index (χ2n) is 7.27. The minimum Gasteiger partial charge on any atom is -0.488 e. The van der Waals surface area contributed by atoms with Crippen molar-refractivity contribution in [3.8, 4) is 11.5 Å². The summed E-state index contributed by atoms with van der Waals surface area (Å²) < 4.78 is 11.4. The van der Waals surface area contributed by atoms with E-state index in [2.05, 4.69) is 24.4 Å². The number of hydrazone groups is 1. The van der Waals surface area contributed by atoms with Gasteiger partial charge in [0.15, 0.2) is 6.61 Å². The standard InChI is InChI=1S/C26H28N2O3/c1-3-20(2)22-13-15-24(16-14-22)30-19-26(29)28-27-17-23-11-7-8-12-25(23)31-18-21-9-5-4-6-10-21/h4-17,20H,3,18-19H2,1-2H3,(H,28,29)/b27-17+. The van der Waals surface area contributed by atoms with Gasteiger partial charge in [-0.15, -0.1) is 0 Å². The molecule has 0 fully saturated rings. The van der Waals surface area contributed by atoms with Gasteiger partial charge in [-0.1, -0.05) is 68.4 Å². The van der Waals surface area contributed by atoms with Crippen LogP contribution in [-0.4, -0.2) is 18.7 Å². The van der Waals surface area contributed by atoms with E-state index in [1.54, 1.807) is 6.21 Å². The molecule has 0 aliphatic rings. The van der Waals surface area contributed by atoms with E-state index in [0.717, 1.165) is 17.5 Å². The molecule has 0 saturated heterocycles. The van der Waals surface area contributed by atoms with E-state index >= 15 is 0 Å². The topological polar surface area (TPSA) is 59.9 Å². The molecule has 1 atom stereocenters. The summed E-state index contributed by atoms with van der Waals surface area (Å²) in [5, 5.41) is 4.03. The molecular weight excluding hydrogens is 388 g/mol. The molecule has 31 heavy (non-hydrogen) atoms. The zero-order valence-corrected chi connectivity index (χ0v) is 18.0. The molecule has 3 rings (SSSR count). The Bertz CT molecular complexity index is 985. The molecule has 3 aromatic carbocycles. The fourth-order valence-corrected chi connectivity index (χ4v) is 2.94. The molecule has 0 saturated carbocycles. The molecule has 0 radical (unpaired) electrons. The van der Waals surface area contributed by atoms with Crippen LogP contribution < -0.4 is 14.9 Å². The van der Waals surface area contributed by atoms with Gasteiger partial charge in [0.05, 0.1) is 6.21 Å². The van der Waals surface area contributed by atoms with Crippen LogP contribution in [0.3, 0.4) is 0 Å². The first kappa shape index (κ1) is 22.1. The van der Waals surface area contributed by atoms with Crippen molar-refractivity contribution in [1.82, 2.24) is 5.43 Å². The van der Waals surface area contributed by atoms with Crippen LogP contribution in [0.25, 0.3) is 0 Å². The van der Waals surface area contributed by atoms with Gasteiger partial charge in [-0.2, -0.15) is 5.10 Å². The number of benzene rings is 3. The van der Waals surface area contributed by atoms with Gasteiger partial charge in [-0.25, -0.2) is 5.43 Å². The molecule has 0 spiro atoms. The van der Waals surface area contributed by atoms with E-state index < -0.39 is 0 Å². The predicted molar refractivity (Wildman–Crippen MR) is 124 cm³/mol. The summed E-state index contributed by atoms with van der Waals surface area (Å²) in [6, 6.07) is 25.3. The van der Waals surface area contributed by atoms with Crippen molar-refractivity contribution in [2.24, 2.45) is 5.10 Å². The van der Waals surface area contributed by atoms with Crippen LogP contribution in [0.4, 0.5) is 0 Å². The van der Waals surface area contributed by atoms with E-state index in [1.807, 2.05) is 78.9 Å². The Morgan fingerprint density at radius 2 is 1.68 bits per heavy atom. The molecule has 0 aliphatic heterocycles. The third-order valence-electron chi connectivity index (χ3n) is 4.98. The summed E-state index contributed by atoms with van der Waals surface area (Å²) >= 11 is 0. The normalized spacial score (nSPS) is 11.8. The third kappa shape index (κ3) is 7.00. The summed E-state index contributed by atoms with van der Waals surface area (Å²) in [4.78, 5) is 12.0. The Labute approximate surface area is 183 Å². The van der Waals surface area contributed by atoms with Crippen LogP contribution in [-0.2, 0) is 11.4 Å².